The van der Waals surface area contributed by atoms with Crippen LogP contribution in [0.4, 0.5) is 5.69 Å². The van der Waals surface area contributed by atoms with E-state index in [0.717, 1.165) is 16.7 Å². The van der Waals surface area contributed by atoms with Gasteiger partial charge in [-0.25, -0.2) is 4.98 Å². The van der Waals surface area contributed by atoms with Gasteiger partial charge in [-0.1, -0.05) is 41.6 Å². The molecule has 2 aromatic carbocycles. The molecule has 32 heavy (non-hydrogen) atoms. The molecule has 0 unspecified atom stereocenters. The number of amides is 1. The number of fused-ring (bicyclic) bond motifs is 1. The number of nitrogens with one attached hydrogen (secondary N) is 2. The Morgan fingerprint density at radius 2 is 1.94 bits per heavy atom. The summed E-state index contributed by atoms with van der Waals surface area (Å²) >= 11 is 2.58. The van der Waals surface area contributed by atoms with Crippen molar-refractivity contribution >= 4 is 44.9 Å². The quantitative estimate of drug-likeness (QED) is 0.302. The van der Waals surface area contributed by atoms with Crippen LogP contribution in [0.15, 0.2) is 57.8 Å². The number of aryl methyl sites for hydroxylation is 1. The van der Waals surface area contributed by atoms with Gasteiger partial charge >= 0.3 is 0 Å². The zero-order chi connectivity index (χ0) is 22.7. The van der Waals surface area contributed by atoms with Gasteiger partial charge in [0.25, 0.3) is 5.56 Å². The molecule has 0 spiro atoms. The Balaban J connectivity index is 1.49. The fraction of sp³-hybridized carbons (Fsp3) is 0.174. The first kappa shape index (κ1) is 21.9. The average molecular weight is 468 g/mol. The van der Waals surface area contributed by atoms with Crippen LogP contribution in [0, 0.1) is 6.92 Å². The van der Waals surface area contributed by atoms with Crippen molar-refractivity contribution in [2.24, 2.45) is 0 Å². The van der Waals surface area contributed by atoms with E-state index in [1.54, 1.807) is 25.3 Å². The number of hydrogen-bond acceptors (Lipinski definition) is 7. The van der Waals surface area contributed by atoms with Gasteiger partial charge in [0.1, 0.15) is 16.3 Å². The number of thiophene rings is 1. The predicted octanol–water partition coefficient (Wildman–Crippen LogP) is 4.71. The lowest BCUT2D eigenvalue weighted by atomic mass is 10.1. The second-order valence-corrected chi connectivity index (χ2v) is 8.79. The summed E-state index contributed by atoms with van der Waals surface area (Å²) in [4.78, 5) is 33.2. The molecule has 9 heteroatoms. The third-order valence-corrected chi connectivity index (χ3v) is 6.55. The maximum Gasteiger partial charge on any atom is 0.260 e. The van der Waals surface area contributed by atoms with Crippen LogP contribution in [0.1, 0.15) is 5.56 Å². The van der Waals surface area contributed by atoms with E-state index in [4.69, 9.17) is 9.47 Å². The van der Waals surface area contributed by atoms with E-state index in [9.17, 15) is 9.59 Å². The largest absolute Gasteiger partial charge is 0.497 e. The number of rotatable bonds is 7. The van der Waals surface area contributed by atoms with E-state index in [1.165, 1.54) is 30.2 Å². The van der Waals surface area contributed by atoms with Gasteiger partial charge in [0, 0.05) is 17.0 Å². The lowest BCUT2D eigenvalue weighted by Crippen LogP contribution is -2.16. The van der Waals surface area contributed by atoms with Crippen LogP contribution in [-0.2, 0) is 4.79 Å². The van der Waals surface area contributed by atoms with Gasteiger partial charge in [0.05, 0.1) is 31.0 Å². The highest BCUT2D eigenvalue weighted by Gasteiger charge is 2.15. The molecule has 4 aromatic rings. The Kier molecular flexibility index (Phi) is 6.48. The number of ether oxygens (including phenoxy) is 2. The number of methoxy groups -OCH3 is 2. The number of carbonyl (C=O) groups excluding carboxylic acids is 1. The molecule has 1 amide bonds. The molecule has 164 valence electrons. The molecular formula is C23H21N3O4S2. The zero-order valence-corrected chi connectivity index (χ0v) is 19.4. The van der Waals surface area contributed by atoms with Crippen molar-refractivity contribution in [3.05, 3.63) is 63.8 Å². The van der Waals surface area contributed by atoms with Crippen LogP contribution in [0.5, 0.6) is 11.5 Å². The zero-order valence-electron chi connectivity index (χ0n) is 17.7. The molecular weight excluding hydrogens is 446 g/mol. The number of carbonyl (C=O) groups is 1. The van der Waals surface area contributed by atoms with E-state index in [2.05, 4.69) is 15.3 Å². The van der Waals surface area contributed by atoms with E-state index in [1.807, 2.05) is 36.6 Å². The number of H-pyrrole nitrogens is 1. The number of anilines is 1. The van der Waals surface area contributed by atoms with Gasteiger partial charge in [-0.15, -0.1) is 11.3 Å². The van der Waals surface area contributed by atoms with Gasteiger partial charge < -0.3 is 19.8 Å². The van der Waals surface area contributed by atoms with Crippen LogP contribution in [-0.4, -0.2) is 35.8 Å². The Hall–Kier alpha value is -3.30. The molecule has 0 aliphatic carbocycles. The summed E-state index contributed by atoms with van der Waals surface area (Å²) in [6, 6.07) is 13.2. The lowest BCUT2D eigenvalue weighted by Gasteiger charge is -2.11. The first-order valence-corrected chi connectivity index (χ1v) is 11.6. The average Bonchev–Trinajstić information content (AvgIpc) is 3.23. The second-order valence-electron chi connectivity index (χ2n) is 6.97. The molecule has 0 radical (unpaired) electrons. The summed E-state index contributed by atoms with van der Waals surface area (Å²) < 4.78 is 10.5. The number of benzene rings is 2. The first-order valence-electron chi connectivity index (χ1n) is 9.71. The molecule has 0 saturated carbocycles. The van der Waals surface area contributed by atoms with E-state index in [0.29, 0.717) is 32.6 Å². The minimum absolute atomic E-state index is 0.0832. The maximum absolute atomic E-state index is 12.8. The monoisotopic (exact) mass is 467 g/mol. The Morgan fingerprint density at radius 1 is 1.16 bits per heavy atom. The summed E-state index contributed by atoms with van der Waals surface area (Å²) in [5, 5.41) is 5.71. The van der Waals surface area contributed by atoms with Crippen LogP contribution in [0.3, 0.4) is 0 Å². The van der Waals surface area contributed by atoms with Gasteiger partial charge in [-0.3, -0.25) is 9.59 Å². The van der Waals surface area contributed by atoms with Gasteiger partial charge in [-0.05, 0) is 24.6 Å². The summed E-state index contributed by atoms with van der Waals surface area (Å²) in [7, 11) is 3.08. The first-order chi connectivity index (χ1) is 15.5. The Bertz CT molecular complexity index is 1330. The van der Waals surface area contributed by atoms with Gasteiger partial charge in [0.2, 0.25) is 5.91 Å². The molecule has 0 bridgehead atoms. The predicted molar refractivity (Wildman–Crippen MR) is 129 cm³/mol. The van der Waals surface area contributed by atoms with Crippen molar-refractivity contribution in [1.29, 1.82) is 0 Å². The summed E-state index contributed by atoms with van der Waals surface area (Å²) in [6.07, 6.45) is 0. The molecule has 2 N–H and O–H groups in total. The van der Waals surface area contributed by atoms with Crippen LogP contribution in [0.2, 0.25) is 0 Å². The maximum atomic E-state index is 12.8. The van der Waals surface area contributed by atoms with Crippen LogP contribution >= 0.6 is 23.1 Å². The fourth-order valence-corrected chi connectivity index (χ4v) is 4.83. The van der Waals surface area contributed by atoms with Crippen molar-refractivity contribution in [2.75, 3.05) is 25.3 Å². The molecule has 0 fully saturated rings. The molecule has 0 aliphatic rings. The topological polar surface area (TPSA) is 93.3 Å². The smallest absolute Gasteiger partial charge is 0.260 e. The van der Waals surface area contributed by atoms with Crippen molar-refractivity contribution in [3.8, 4) is 22.6 Å². The lowest BCUT2D eigenvalue weighted by molar-refractivity contribution is -0.113. The molecule has 4 rings (SSSR count). The van der Waals surface area contributed by atoms with Gasteiger partial charge in [-0.2, -0.15) is 0 Å². The standard InChI is InChI=1S/C23H21N3O4S2/c1-13-4-6-14(7-5-13)16-11-31-22-20(16)21(28)25-23(26-22)32-12-19(27)24-17-9-8-15(29-2)10-18(17)30-3/h4-11H,12H2,1-3H3,(H,24,27)(H,25,26,28). The number of nitrogens with zero attached hydrogens (tertiary/aromatic N) is 1. The van der Waals surface area contributed by atoms with E-state index >= 15 is 0 Å². The third kappa shape index (κ3) is 4.63. The molecule has 0 aliphatic heterocycles. The fourth-order valence-electron chi connectivity index (χ4n) is 3.17. The van der Waals surface area contributed by atoms with Crippen LogP contribution in [0.25, 0.3) is 21.3 Å². The molecule has 7 nitrogen and oxygen atoms in total. The van der Waals surface area contributed by atoms with Crippen molar-refractivity contribution in [3.63, 3.8) is 0 Å². The molecule has 0 atom stereocenters. The number of thioether (sulfide) groups is 1. The third-order valence-electron chi connectivity index (χ3n) is 4.81. The molecule has 2 aromatic heterocycles. The highest BCUT2D eigenvalue weighted by atomic mass is 32.2. The molecule has 0 saturated heterocycles. The van der Waals surface area contributed by atoms with Crippen molar-refractivity contribution < 1.29 is 14.3 Å². The number of aromatic amines is 1. The Morgan fingerprint density at radius 3 is 2.66 bits per heavy atom. The minimum Gasteiger partial charge on any atom is -0.497 e. The van der Waals surface area contributed by atoms with Crippen molar-refractivity contribution in [2.45, 2.75) is 12.1 Å². The van der Waals surface area contributed by atoms with Crippen LogP contribution < -0.4 is 20.3 Å². The summed E-state index contributed by atoms with van der Waals surface area (Å²) in [5.74, 6) is 0.968. The SMILES string of the molecule is COc1ccc(NC(=O)CSc2nc3scc(-c4ccc(C)cc4)c3c(=O)[nH]2)c(OC)c1. The highest BCUT2D eigenvalue weighted by Crippen LogP contribution is 2.32. The molecule has 2 heterocycles. The summed E-state index contributed by atoms with van der Waals surface area (Å²) in [6.45, 7) is 2.02. The van der Waals surface area contributed by atoms with Gasteiger partial charge in [0.15, 0.2) is 5.16 Å². The Labute approximate surface area is 192 Å². The highest BCUT2D eigenvalue weighted by molar-refractivity contribution is 7.99. The normalized spacial score (nSPS) is 10.8. The second kappa shape index (κ2) is 9.46. The minimum atomic E-state index is -0.243. The van der Waals surface area contributed by atoms with E-state index < -0.39 is 0 Å². The van der Waals surface area contributed by atoms with E-state index in [-0.39, 0.29) is 17.2 Å². The van der Waals surface area contributed by atoms with Crippen molar-refractivity contribution in [1.82, 2.24) is 9.97 Å². The number of aromatic nitrogens is 2. The number of hydrogen-bond donors (Lipinski definition) is 2. The summed E-state index contributed by atoms with van der Waals surface area (Å²) in [5.41, 5.74) is 3.31.